The Balaban J connectivity index is 1.74. The SMILES string of the molecule is C[C@H]1C[C@@H](NC(=O)O)CN(c2ncnc3c2cnn3COCC[Si](C)(C)C)C1. The van der Waals surface area contributed by atoms with E-state index in [1.807, 2.05) is 0 Å². The first-order valence-corrected chi connectivity index (χ1v) is 13.4. The van der Waals surface area contributed by atoms with Gasteiger partial charge in [-0.1, -0.05) is 26.6 Å². The van der Waals surface area contributed by atoms with Crippen LogP contribution in [0.15, 0.2) is 12.5 Å². The van der Waals surface area contributed by atoms with E-state index in [1.54, 1.807) is 10.9 Å². The minimum atomic E-state index is -1.12. The van der Waals surface area contributed by atoms with Crippen LogP contribution in [0.4, 0.5) is 10.6 Å². The van der Waals surface area contributed by atoms with E-state index in [2.05, 4.69) is 51.8 Å². The lowest BCUT2D eigenvalue weighted by atomic mass is 9.96. The molecule has 1 aliphatic heterocycles. The molecule has 0 bridgehead atoms. The predicted octanol–water partition coefficient (Wildman–Crippen LogP) is 2.62. The number of carboxylic acid groups (broad SMARTS) is 1. The number of aromatic nitrogens is 4. The molecule has 0 spiro atoms. The van der Waals surface area contributed by atoms with Gasteiger partial charge in [-0.15, -0.1) is 0 Å². The van der Waals surface area contributed by atoms with Crippen molar-refractivity contribution in [3.8, 4) is 0 Å². The normalized spacial score (nSPS) is 20.5. The Bertz CT molecular complexity index is 821. The Kier molecular flexibility index (Phi) is 6.19. The second kappa shape index (κ2) is 8.44. The lowest BCUT2D eigenvalue weighted by molar-refractivity contribution is 0.0813. The third-order valence-corrected chi connectivity index (χ3v) is 6.61. The summed E-state index contributed by atoms with van der Waals surface area (Å²) in [5, 5.41) is 17.0. The fourth-order valence-electron chi connectivity index (χ4n) is 3.56. The monoisotopic (exact) mass is 406 g/mol. The molecule has 1 amide bonds. The van der Waals surface area contributed by atoms with Crippen molar-refractivity contribution in [2.45, 2.75) is 51.8 Å². The second-order valence-electron chi connectivity index (χ2n) is 8.82. The molecule has 10 heteroatoms. The summed E-state index contributed by atoms with van der Waals surface area (Å²) in [5.74, 6) is 1.15. The van der Waals surface area contributed by atoms with Gasteiger partial charge in [0.1, 0.15) is 18.9 Å². The summed E-state index contributed by atoms with van der Waals surface area (Å²) in [5.41, 5.74) is 0.735. The molecular formula is C18H30N6O3Si. The van der Waals surface area contributed by atoms with E-state index in [0.29, 0.717) is 19.2 Å². The van der Waals surface area contributed by atoms with Crippen molar-refractivity contribution in [2.75, 3.05) is 24.6 Å². The molecule has 0 unspecified atom stereocenters. The third kappa shape index (κ3) is 5.19. The largest absolute Gasteiger partial charge is 0.465 e. The highest BCUT2D eigenvalue weighted by Gasteiger charge is 2.28. The molecule has 0 radical (unpaired) electrons. The first kappa shape index (κ1) is 20.5. The molecule has 2 aromatic rings. The van der Waals surface area contributed by atoms with Gasteiger partial charge in [0.05, 0.1) is 17.6 Å². The maximum atomic E-state index is 11.0. The molecule has 154 valence electrons. The summed E-state index contributed by atoms with van der Waals surface area (Å²) in [6.45, 7) is 11.6. The van der Waals surface area contributed by atoms with Crippen LogP contribution in [0.3, 0.4) is 0 Å². The minimum Gasteiger partial charge on any atom is -0.465 e. The van der Waals surface area contributed by atoms with Crippen molar-refractivity contribution in [1.82, 2.24) is 25.1 Å². The number of carbonyl (C=O) groups is 1. The van der Waals surface area contributed by atoms with Crippen LogP contribution in [0.5, 0.6) is 0 Å². The molecule has 3 rings (SSSR count). The zero-order chi connectivity index (χ0) is 20.3. The molecule has 2 atom stereocenters. The average molecular weight is 407 g/mol. The van der Waals surface area contributed by atoms with Gasteiger partial charge >= 0.3 is 6.09 Å². The zero-order valence-electron chi connectivity index (χ0n) is 17.1. The van der Waals surface area contributed by atoms with Crippen LogP contribution in [0.2, 0.25) is 25.7 Å². The van der Waals surface area contributed by atoms with Gasteiger partial charge in [0.25, 0.3) is 0 Å². The maximum Gasteiger partial charge on any atom is 0.404 e. The number of ether oxygens (including phenoxy) is 1. The number of hydrogen-bond acceptors (Lipinski definition) is 6. The highest BCUT2D eigenvalue weighted by molar-refractivity contribution is 6.76. The van der Waals surface area contributed by atoms with Crippen molar-refractivity contribution in [1.29, 1.82) is 0 Å². The molecule has 1 saturated heterocycles. The van der Waals surface area contributed by atoms with Gasteiger partial charge in [0, 0.05) is 27.8 Å². The summed E-state index contributed by atoms with van der Waals surface area (Å²) in [4.78, 5) is 22.0. The van der Waals surface area contributed by atoms with Crippen molar-refractivity contribution < 1.29 is 14.6 Å². The molecular weight excluding hydrogens is 376 g/mol. The molecule has 3 heterocycles. The number of nitrogens with one attached hydrogen (secondary N) is 1. The molecule has 0 saturated carbocycles. The number of amides is 1. The van der Waals surface area contributed by atoms with E-state index in [0.717, 1.165) is 42.5 Å². The lowest BCUT2D eigenvalue weighted by Crippen LogP contribution is -2.50. The van der Waals surface area contributed by atoms with Crippen molar-refractivity contribution in [2.24, 2.45) is 5.92 Å². The van der Waals surface area contributed by atoms with Crippen LogP contribution in [0.25, 0.3) is 11.0 Å². The summed E-state index contributed by atoms with van der Waals surface area (Å²) < 4.78 is 7.57. The number of nitrogens with zero attached hydrogens (tertiary/aromatic N) is 5. The van der Waals surface area contributed by atoms with Crippen molar-refractivity contribution in [3.63, 3.8) is 0 Å². The summed E-state index contributed by atoms with van der Waals surface area (Å²) >= 11 is 0. The Labute approximate surface area is 166 Å². The summed E-state index contributed by atoms with van der Waals surface area (Å²) in [7, 11) is -1.12. The van der Waals surface area contributed by atoms with E-state index < -0.39 is 14.2 Å². The lowest BCUT2D eigenvalue weighted by Gasteiger charge is -2.37. The minimum absolute atomic E-state index is 0.119. The van der Waals surface area contributed by atoms with E-state index >= 15 is 0 Å². The van der Waals surface area contributed by atoms with Gasteiger partial charge in [-0.3, -0.25) is 0 Å². The third-order valence-electron chi connectivity index (χ3n) is 4.91. The topological polar surface area (TPSA) is 105 Å². The van der Waals surface area contributed by atoms with Crippen LogP contribution in [0, 0.1) is 5.92 Å². The van der Waals surface area contributed by atoms with Crippen molar-refractivity contribution >= 4 is 31.0 Å². The second-order valence-corrected chi connectivity index (χ2v) is 14.4. The Morgan fingerprint density at radius 2 is 2.14 bits per heavy atom. The Morgan fingerprint density at radius 3 is 2.86 bits per heavy atom. The number of piperidine rings is 1. The van der Waals surface area contributed by atoms with Crippen LogP contribution in [0.1, 0.15) is 13.3 Å². The zero-order valence-corrected chi connectivity index (χ0v) is 18.1. The van der Waals surface area contributed by atoms with Gasteiger partial charge in [0.2, 0.25) is 0 Å². The van der Waals surface area contributed by atoms with Gasteiger partial charge in [0.15, 0.2) is 5.65 Å². The number of anilines is 1. The molecule has 2 aromatic heterocycles. The van der Waals surface area contributed by atoms with Crippen LogP contribution in [-0.2, 0) is 11.5 Å². The first-order chi connectivity index (χ1) is 13.2. The summed E-state index contributed by atoms with van der Waals surface area (Å²) in [6, 6.07) is 0.988. The summed E-state index contributed by atoms with van der Waals surface area (Å²) in [6.07, 6.45) is 3.14. The molecule has 0 aliphatic carbocycles. The van der Waals surface area contributed by atoms with Crippen LogP contribution >= 0.6 is 0 Å². The fraction of sp³-hybridized carbons (Fsp3) is 0.667. The predicted molar refractivity (Wildman–Crippen MR) is 110 cm³/mol. The van der Waals surface area contributed by atoms with Crippen molar-refractivity contribution in [3.05, 3.63) is 12.5 Å². The molecule has 1 fully saturated rings. The molecule has 28 heavy (non-hydrogen) atoms. The first-order valence-electron chi connectivity index (χ1n) is 9.71. The quantitative estimate of drug-likeness (QED) is 0.538. The van der Waals surface area contributed by atoms with Gasteiger partial charge < -0.3 is 20.1 Å². The number of fused-ring (bicyclic) bond motifs is 1. The molecule has 9 nitrogen and oxygen atoms in total. The smallest absolute Gasteiger partial charge is 0.404 e. The van der Waals surface area contributed by atoms with Gasteiger partial charge in [-0.05, 0) is 18.4 Å². The van der Waals surface area contributed by atoms with E-state index in [9.17, 15) is 4.79 Å². The number of hydrogen-bond donors (Lipinski definition) is 2. The maximum absolute atomic E-state index is 11.0. The van der Waals surface area contributed by atoms with E-state index in [4.69, 9.17) is 9.84 Å². The molecule has 0 aromatic carbocycles. The number of rotatable bonds is 7. The van der Waals surface area contributed by atoms with E-state index in [1.165, 1.54) is 6.33 Å². The molecule has 2 N–H and O–H groups in total. The highest BCUT2D eigenvalue weighted by atomic mass is 28.3. The molecule has 1 aliphatic rings. The Hall–Kier alpha value is -2.20. The van der Waals surface area contributed by atoms with Crippen LogP contribution in [-0.4, -0.2) is 64.8 Å². The fourth-order valence-corrected chi connectivity index (χ4v) is 4.32. The van der Waals surface area contributed by atoms with Gasteiger partial charge in [-0.25, -0.2) is 19.4 Å². The highest BCUT2D eigenvalue weighted by Crippen LogP contribution is 2.27. The Morgan fingerprint density at radius 1 is 1.36 bits per heavy atom. The van der Waals surface area contributed by atoms with E-state index in [-0.39, 0.29) is 6.04 Å². The standard InChI is InChI=1S/C18H30N6O3Si/c1-13-7-14(22-18(25)26)10-23(9-13)16-15-8-21-24(17(15)20-11-19-16)12-27-5-6-28(2,3)4/h8,11,13-14,22H,5-7,9-10,12H2,1-4H3,(H,25,26)/t13-,14+/m0/s1. The average Bonchev–Trinajstić information content (AvgIpc) is 3.00. The van der Waals surface area contributed by atoms with Gasteiger partial charge in [-0.2, -0.15) is 5.10 Å². The van der Waals surface area contributed by atoms with Crippen LogP contribution < -0.4 is 10.2 Å².